The molecule has 3 aromatic carbocycles. The molecular weight excluding hydrogens is 347 g/mol. The van der Waals surface area contributed by atoms with Crippen molar-refractivity contribution in [2.45, 2.75) is 32.6 Å². The highest BCUT2D eigenvalue weighted by Gasteiger charge is 2.25. The van der Waals surface area contributed by atoms with Gasteiger partial charge in [0.15, 0.2) is 5.78 Å². The summed E-state index contributed by atoms with van der Waals surface area (Å²) in [6.07, 6.45) is 3.82. The number of Topliss-reactive ketones (excluding diaryl/α,β-unsaturated/α-hetero) is 1. The Kier molecular flexibility index (Phi) is 6.85. The van der Waals surface area contributed by atoms with E-state index in [0.29, 0.717) is 6.42 Å². The van der Waals surface area contributed by atoms with Crippen molar-refractivity contribution < 1.29 is 4.79 Å². The van der Waals surface area contributed by atoms with Crippen LogP contribution in [0.3, 0.4) is 0 Å². The summed E-state index contributed by atoms with van der Waals surface area (Å²) in [6, 6.07) is 31.6. The predicted octanol–water partition coefficient (Wildman–Crippen LogP) is 4.93. The van der Waals surface area contributed by atoms with E-state index in [1.54, 1.807) is 0 Å². The van der Waals surface area contributed by atoms with Crippen molar-refractivity contribution in [2.24, 2.45) is 0 Å². The highest BCUT2D eigenvalue weighted by atomic mass is 31.2. The highest BCUT2D eigenvalue weighted by Crippen LogP contribution is 2.43. The van der Waals surface area contributed by atoms with Crippen molar-refractivity contribution in [3.8, 4) is 0 Å². The first-order valence-electron chi connectivity index (χ1n) is 9.71. The number of carbonyl (C=O) groups is 1. The molecule has 3 aromatic rings. The van der Waals surface area contributed by atoms with E-state index in [1.165, 1.54) is 15.9 Å². The fraction of sp³-hybridized carbons (Fsp3) is 0.200. The third kappa shape index (κ3) is 4.49. The molecule has 0 aliphatic carbocycles. The van der Waals surface area contributed by atoms with E-state index in [2.05, 4.69) is 85.5 Å². The predicted molar refractivity (Wildman–Crippen MR) is 120 cm³/mol. The minimum atomic E-state index is -2.13. The first-order valence-corrected chi connectivity index (χ1v) is 11.6. The maximum atomic E-state index is 13.0. The van der Waals surface area contributed by atoms with Gasteiger partial charge in [0, 0.05) is 6.42 Å². The van der Waals surface area contributed by atoms with Gasteiger partial charge in [-0.3, -0.25) is 4.79 Å². The lowest BCUT2D eigenvalue weighted by atomic mass is 10.2. The maximum absolute atomic E-state index is 13.0. The number of carbonyl (C=O) groups excluding carboxylic acids is 1. The van der Waals surface area contributed by atoms with Crippen LogP contribution in [0.1, 0.15) is 32.6 Å². The standard InChI is InChI=1S/C25H27OP/c1-2-3-7-14-22(26)21-27(23-15-8-4-9-16-23,24-17-10-5-11-18-24)25-19-12-6-13-20-25/h4-6,8-13,15-21H,2-3,7,14H2,1H3. The molecule has 138 valence electrons. The summed E-state index contributed by atoms with van der Waals surface area (Å²) in [7, 11) is 0. The Morgan fingerprint density at radius 1 is 0.704 bits per heavy atom. The number of hydrogen-bond donors (Lipinski definition) is 0. The largest absolute Gasteiger partial charge is 0.295 e. The van der Waals surface area contributed by atoms with Crippen molar-refractivity contribution in [3.05, 3.63) is 91.0 Å². The lowest BCUT2D eigenvalue weighted by Gasteiger charge is -2.28. The van der Waals surface area contributed by atoms with E-state index in [0.717, 1.165) is 19.3 Å². The molecule has 2 heteroatoms. The van der Waals surface area contributed by atoms with Crippen molar-refractivity contribution >= 4 is 34.4 Å². The Morgan fingerprint density at radius 2 is 1.11 bits per heavy atom. The molecule has 0 fully saturated rings. The fourth-order valence-corrected chi connectivity index (χ4v) is 7.32. The Bertz CT molecular complexity index is 795. The van der Waals surface area contributed by atoms with Gasteiger partial charge in [-0.2, -0.15) is 0 Å². The van der Waals surface area contributed by atoms with E-state index in [1.807, 2.05) is 18.2 Å². The summed E-state index contributed by atoms with van der Waals surface area (Å²) < 4.78 is 0. The number of benzene rings is 3. The number of hydrogen-bond acceptors (Lipinski definition) is 1. The zero-order chi connectivity index (χ0) is 19.0. The molecule has 0 unspecified atom stereocenters. The van der Waals surface area contributed by atoms with Crippen LogP contribution in [0.5, 0.6) is 0 Å². The van der Waals surface area contributed by atoms with E-state index < -0.39 is 6.89 Å². The molecule has 0 amide bonds. The first kappa shape index (κ1) is 19.4. The van der Waals surface area contributed by atoms with Gasteiger partial charge in [-0.05, 0) is 35.0 Å². The molecule has 0 bridgehead atoms. The van der Waals surface area contributed by atoms with E-state index >= 15 is 0 Å². The van der Waals surface area contributed by atoms with Crippen LogP contribution in [0.25, 0.3) is 0 Å². The topological polar surface area (TPSA) is 17.1 Å². The molecule has 27 heavy (non-hydrogen) atoms. The van der Waals surface area contributed by atoms with Crippen LogP contribution in [0.2, 0.25) is 0 Å². The molecule has 1 nitrogen and oxygen atoms in total. The van der Waals surface area contributed by atoms with Gasteiger partial charge >= 0.3 is 0 Å². The molecule has 0 heterocycles. The van der Waals surface area contributed by atoms with Crippen LogP contribution in [0.4, 0.5) is 0 Å². The van der Waals surface area contributed by atoms with E-state index in [4.69, 9.17) is 0 Å². The fourth-order valence-electron chi connectivity index (χ4n) is 3.49. The molecule has 0 aliphatic heterocycles. The summed E-state index contributed by atoms with van der Waals surface area (Å²) in [5.41, 5.74) is 0. The SMILES string of the molecule is CCCCCC(=O)C=P(c1ccccc1)(c1ccccc1)c1ccccc1. The normalized spacial score (nSPS) is 11.1. The van der Waals surface area contributed by atoms with Crippen LogP contribution in [-0.2, 0) is 4.79 Å². The van der Waals surface area contributed by atoms with Crippen LogP contribution in [0, 0.1) is 0 Å². The van der Waals surface area contributed by atoms with E-state index in [-0.39, 0.29) is 5.78 Å². The van der Waals surface area contributed by atoms with Gasteiger partial charge in [-0.25, -0.2) is 0 Å². The quantitative estimate of drug-likeness (QED) is 0.403. The molecule has 0 spiro atoms. The van der Waals surface area contributed by atoms with Gasteiger partial charge in [-0.15, -0.1) is 0 Å². The van der Waals surface area contributed by atoms with Crippen LogP contribution < -0.4 is 15.9 Å². The van der Waals surface area contributed by atoms with Crippen LogP contribution in [-0.4, -0.2) is 11.6 Å². The second kappa shape index (κ2) is 9.53. The van der Waals surface area contributed by atoms with Gasteiger partial charge in [0.1, 0.15) is 0 Å². The Hall–Kier alpha value is -2.37. The van der Waals surface area contributed by atoms with Crippen molar-refractivity contribution in [1.29, 1.82) is 0 Å². The molecular formula is C25H27OP. The minimum Gasteiger partial charge on any atom is -0.295 e. The van der Waals surface area contributed by atoms with Crippen molar-refractivity contribution in [3.63, 3.8) is 0 Å². The van der Waals surface area contributed by atoms with Gasteiger partial charge < -0.3 is 0 Å². The van der Waals surface area contributed by atoms with Gasteiger partial charge in [0.05, 0.1) is 0 Å². The average molecular weight is 374 g/mol. The first-order chi connectivity index (χ1) is 13.3. The van der Waals surface area contributed by atoms with Gasteiger partial charge in [0.2, 0.25) is 0 Å². The molecule has 0 saturated heterocycles. The Labute approximate surface area is 163 Å². The molecule has 0 radical (unpaired) electrons. The van der Waals surface area contributed by atoms with Gasteiger partial charge in [-0.1, -0.05) is 111 Å². The lowest BCUT2D eigenvalue weighted by Crippen LogP contribution is -2.28. The smallest absolute Gasteiger partial charge is 0.156 e. The molecule has 0 saturated carbocycles. The summed E-state index contributed by atoms with van der Waals surface area (Å²) in [4.78, 5) is 13.0. The zero-order valence-electron chi connectivity index (χ0n) is 15.9. The number of unbranched alkanes of at least 4 members (excludes halogenated alkanes) is 2. The second-order valence-electron chi connectivity index (χ2n) is 6.78. The molecule has 3 rings (SSSR count). The monoisotopic (exact) mass is 374 g/mol. The summed E-state index contributed by atoms with van der Waals surface area (Å²) in [5, 5.41) is 3.68. The summed E-state index contributed by atoms with van der Waals surface area (Å²) >= 11 is 0. The molecule has 0 aromatic heterocycles. The lowest BCUT2D eigenvalue weighted by molar-refractivity contribution is -0.112. The molecule has 0 aliphatic rings. The molecule has 0 atom stereocenters. The third-order valence-electron chi connectivity index (χ3n) is 4.85. The summed E-state index contributed by atoms with van der Waals surface area (Å²) in [5.74, 6) is 2.32. The van der Waals surface area contributed by atoms with Crippen LogP contribution in [0.15, 0.2) is 91.0 Å². The Morgan fingerprint density at radius 3 is 1.48 bits per heavy atom. The van der Waals surface area contributed by atoms with Crippen molar-refractivity contribution in [2.75, 3.05) is 0 Å². The minimum absolute atomic E-state index is 0.258. The highest BCUT2D eigenvalue weighted by molar-refractivity contribution is 7.95. The molecule has 0 N–H and O–H groups in total. The average Bonchev–Trinajstić information content (AvgIpc) is 2.74. The number of ketones is 1. The number of rotatable bonds is 8. The van der Waals surface area contributed by atoms with Gasteiger partial charge in [0.25, 0.3) is 0 Å². The van der Waals surface area contributed by atoms with Crippen LogP contribution >= 0.6 is 6.89 Å². The maximum Gasteiger partial charge on any atom is 0.156 e. The summed E-state index contributed by atoms with van der Waals surface area (Å²) in [6.45, 7) is 0.0375. The third-order valence-corrected chi connectivity index (χ3v) is 8.87. The van der Waals surface area contributed by atoms with Crippen molar-refractivity contribution in [1.82, 2.24) is 0 Å². The van der Waals surface area contributed by atoms with E-state index in [9.17, 15) is 4.79 Å². The second-order valence-corrected chi connectivity index (χ2v) is 10.0. The zero-order valence-corrected chi connectivity index (χ0v) is 16.8. The Balaban J connectivity index is 2.25.